The molecule has 2 aliphatic carbocycles. The molecule has 0 amide bonds. The third kappa shape index (κ3) is 1.56. The molecule has 0 N–H and O–H groups in total. The van der Waals surface area contributed by atoms with Gasteiger partial charge in [0.05, 0.1) is 0 Å². The first-order chi connectivity index (χ1) is 11.4. The first kappa shape index (κ1) is 14.8. The van der Waals surface area contributed by atoms with Crippen molar-refractivity contribution in [3.8, 4) is 20.9 Å². The summed E-state index contributed by atoms with van der Waals surface area (Å²) in [5.41, 5.74) is 9.77. The molecule has 0 spiro atoms. The lowest BCUT2D eigenvalue weighted by Crippen LogP contribution is -2.02. The zero-order valence-electron chi connectivity index (χ0n) is 13.9. The lowest BCUT2D eigenvalue weighted by molar-refractivity contribution is 0.654. The molecule has 122 valence electrons. The molecule has 0 fully saturated rings. The molecule has 5 rings (SSSR count). The second kappa shape index (κ2) is 4.55. The summed E-state index contributed by atoms with van der Waals surface area (Å²) < 4.78 is 27.7. The van der Waals surface area contributed by atoms with E-state index >= 15 is 0 Å². The van der Waals surface area contributed by atoms with E-state index in [1.165, 1.54) is 56.1 Å². The van der Waals surface area contributed by atoms with E-state index in [0.29, 0.717) is 0 Å². The molecular formula is C20H16F2S2. The lowest BCUT2D eigenvalue weighted by atomic mass is 9.85. The quantitative estimate of drug-likeness (QED) is 0.407. The van der Waals surface area contributed by atoms with Gasteiger partial charge in [0.25, 0.3) is 0 Å². The average Bonchev–Trinajstić information content (AvgIpc) is 3.20. The van der Waals surface area contributed by atoms with E-state index in [2.05, 4.69) is 27.7 Å². The highest BCUT2D eigenvalue weighted by Gasteiger charge is 2.39. The molecule has 2 heterocycles. The van der Waals surface area contributed by atoms with E-state index in [9.17, 15) is 8.78 Å². The number of benzene rings is 1. The molecule has 4 heteroatoms. The SMILES string of the molecule is Cc1c2c(c(C)c3c1C(C)c1cc(F)sc1-3)C(C)c1cc(F)sc1-2. The second-order valence-corrected chi connectivity index (χ2v) is 8.95. The number of hydrogen-bond donors (Lipinski definition) is 0. The van der Waals surface area contributed by atoms with Gasteiger partial charge in [-0.1, -0.05) is 13.8 Å². The average molecular weight is 358 g/mol. The molecule has 0 saturated heterocycles. The molecule has 0 radical (unpaired) electrons. The van der Waals surface area contributed by atoms with E-state index < -0.39 is 0 Å². The van der Waals surface area contributed by atoms with Crippen LogP contribution < -0.4 is 0 Å². The number of halogens is 2. The number of rotatable bonds is 0. The first-order valence-electron chi connectivity index (χ1n) is 8.16. The second-order valence-electron chi connectivity index (χ2n) is 6.94. The molecule has 3 aromatic rings. The highest BCUT2D eigenvalue weighted by atomic mass is 32.1. The van der Waals surface area contributed by atoms with Crippen molar-refractivity contribution in [3.63, 3.8) is 0 Å². The topological polar surface area (TPSA) is 0 Å². The predicted molar refractivity (Wildman–Crippen MR) is 97.5 cm³/mol. The van der Waals surface area contributed by atoms with Crippen LogP contribution in [0.5, 0.6) is 0 Å². The fraction of sp³-hybridized carbons (Fsp3) is 0.300. The van der Waals surface area contributed by atoms with Crippen LogP contribution in [0.25, 0.3) is 20.9 Å². The van der Waals surface area contributed by atoms with Gasteiger partial charge in [-0.2, -0.15) is 8.78 Å². The molecular weight excluding hydrogens is 342 g/mol. The Labute approximate surface area is 147 Å². The largest absolute Gasteiger partial charge is 0.195 e. The molecule has 0 aliphatic heterocycles. The Kier molecular flexibility index (Phi) is 2.81. The predicted octanol–water partition coefficient (Wildman–Crippen LogP) is 6.97. The Bertz CT molecular complexity index is 955. The molecule has 0 saturated carbocycles. The van der Waals surface area contributed by atoms with Crippen LogP contribution in [0.3, 0.4) is 0 Å². The number of thiophene rings is 2. The normalized spacial score (nSPS) is 20.1. The van der Waals surface area contributed by atoms with Gasteiger partial charge in [-0.05, 0) is 70.5 Å². The standard InChI is InChI=1S/C20H16F2S2/c1-7-11-5-13(21)23-19(11)17-10(4)16-8(2)12-6-14(22)24-20(12)18(16)9(3)15(7)17/h5-8H,1-4H3. The van der Waals surface area contributed by atoms with Crippen LogP contribution in [-0.4, -0.2) is 0 Å². The van der Waals surface area contributed by atoms with Crippen LogP contribution in [0.15, 0.2) is 12.1 Å². The molecule has 2 aliphatic rings. The van der Waals surface area contributed by atoms with Gasteiger partial charge < -0.3 is 0 Å². The van der Waals surface area contributed by atoms with Gasteiger partial charge in [0, 0.05) is 21.6 Å². The summed E-state index contributed by atoms with van der Waals surface area (Å²) >= 11 is 2.51. The van der Waals surface area contributed by atoms with Crippen molar-refractivity contribution in [3.05, 3.63) is 55.8 Å². The summed E-state index contributed by atoms with van der Waals surface area (Å²) in [6, 6.07) is 3.38. The Morgan fingerprint density at radius 1 is 0.750 bits per heavy atom. The van der Waals surface area contributed by atoms with Crippen molar-refractivity contribution in [1.82, 2.24) is 0 Å². The monoisotopic (exact) mass is 358 g/mol. The Hall–Kier alpha value is -1.52. The van der Waals surface area contributed by atoms with Crippen molar-refractivity contribution >= 4 is 22.7 Å². The third-order valence-electron chi connectivity index (χ3n) is 5.81. The Balaban J connectivity index is 1.91. The summed E-state index contributed by atoms with van der Waals surface area (Å²) in [4.78, 5) is 2.18. The van der Waals surface area contributed by atoms with E-state index in [1.807, 2.05) is 0 Å². The minimum absolute atomic E-state index is 0.107. The minimum atomic E-state index is -0.107. The van der Waals surface area contributed by atoms with Crippen molar-refractivity contribution in [2.75, 3.05) is 0 Å². The summed E-state index contributed by atoms with van der Waals surface area (Å²) in [5, 5.41) is -0.214. The van der Waals surface area contributed by atoms with Crippen LogP contribution in [-0.2, 0) is 0 Å². The van der Waals surface area contributed by atoms with Gasteiger partial charge in [0.1, 0.15) is 0 Å². The highest BCUT2D eigenvalue weighted by molar-refractivity contribution is 7.14. The van der Waals surface area contributed by atoms with Crippen molar-refractivity contribution < 1.29 is 8.78 Å². The maximum Gasteiger partial charge on any atom is 0.177 e. The van der Waals surface area contributed by atoms with Crippen molar-refractivity contribution in [2.45, 2.75) is 39.5 Å². The molecule has 1 aromatic carbocycles. The Morgan fingerprint density at radius 2 is 1.12 bits per heavy atom. The first-order valence-corrected chi connectivity index (χ1v) is 9.79. The van der Waals surface area contributed by atoms with Crippen LogP contribution in [0, 0.1) is 24.1 Å². The maximum absolute atomic E-state index is 13.8. The van der Waals surface area contributed by atoms with Gasteiger partial charge in [-0.15, -0.1) is 22.7 Å². The molecule has 2 atom stereocenters. The third-order valence-corrected chi connectivity index (χ3v) is 7.72. The van der Waals surface area contributed by atoms with Gasteiger partial charge >= 0.3 is 0 Å². The molecule has 2 unspecified atom stereocenters. The number of fused-ring (bicyclic) bond motifs is 6. The van der Waals surface area contributed by atoms with Crippen molar-refractivity contribution in [1.29, 1.82) is 0 Å². The zero-order chi connectivity index (χ0) is 16.9. The number of hydrogen-bond acceptors (Lipinski definition) is 2. The molecule has 0 bridgehead atoms. The van der Waals surface area contributed by atoms with E-state index in [-0.39, 0.29) is 22.1 Å². The lowest BCUT2D eigenvalue weighted by Gasteiger charge is -2.20. The van der Waals surface area contributed by atoms with Crippen LogP contribution >= 0.6 is 22.7 Å². The van der Waals surface area contributed by atoms with Crippen LogP contribution in [0.2, 0.25) is 0 Å². The summed E-state index contributed by atoms with van der Waals surface area (Å²) in [5.74, 6) is 0.396. The van der Waals surface area contributed by atoms with Crippen LogP contribution in [0.4, 0.5) is 8.78 Å². The van der Waals surface area contributed by atoms with E-state index in [4.69, 9.17) is 0 Å². The van der Waals surface area contributed by atoms with Gasteiger partial charge in [0.2, 0.25) is 0 Å². The fourth-order valence-electron chi connectivity index (χ4n) is 4.81. The fourth-order valence-corrected chi connectivity index (χ4v) is 7.01. The minimum Gasteiger partial charge on any atom is -0.195 e. The van der Waals surface area contributed by atoms with Crippen molar-refractivity contribution in [2.24, 2.45) is 0 Å². The molecule has 0 nitrogen and oxygen atoms in total. The van der Waals surface area contributed by atoms with Crippen LogP contribution in [0.1, 0.15) is 59.1 Å². The summed E-state index contributed by atoms with van der Waals surface area (Å²) in [7, 11) is 0. The van der Waals surface area contributed by atoms with Gasteiger partial charge in [-0.25, -0.2) is 0 Å². The smallest absolute Gasteiger partial charge is 0.177 e. The zero-order valence-corrected chi connectivity index (χ0v) is 15.5. The molecule has 24 heavy (non-hydrogen) atoms. The van der Waals surface area contributed by atoms with Gasteiger partial charge in [0.15, 0.2) is 10.3 Å². The van der Waals surface area contributed by atoms with Gasteiger partial charge in [-0.3, -0.25) is 0 Å². The van der Waals surface area contributed by atoms with E-state index in [1.54, 1.807) is 12.1 Å². The highest BCUT2D eigenvalue weighted by Crippen LogP contribution is 2.59. The summed E-state index contributed by atoms with van der Waals surface area (Å²) in [6.07, 6.45) is 0. The maximum atomic E-state index is 13.8. The Morgan fingerprint density at radius 3 is 1.50 bits per heavy atom. The molecule has 2 aromatic heterocycles. The summed E-state index contributed by atoms with van der Waals surface area (Å²) in [6.45, 7) is 8.62. The van der Waals surface area contributed by atoms with E-state index in [0.717, 1.165) is 20.9 Å².